The van der Waals surface area contributed by atoms with Crippen molar-refractivity contribution in [3.05, 3.63) is 69.8 Å². The molecule has 0 amide bonds. The summed E-state index contributed by atoms with van der Waals surface area (Å²) in [5, 5.41) is 14.1. The number of thiocarbonyl (C=S) groups is 1. The average molecular weight is 359 g/mol. The summed E-state index contributed by atoms with van der Waals surface area (Å²) in [5.41, 5.74) is 7.25. The molecule has 0 fully saturated rings. The summed E-state index contributed by atoms with van der Waals surface area (Å²) >= 11 is 4.96. The van der Waals surface area contributed by atoms with Crippen molar-refractivity contribution in [2.75, 3.05) is 6.61 Å². The Morgan fingerprint density at radius 2 is 2.00 bits per heavy atom. The van der Waals surface area contributed by atoms with Gasteiger partial charge in [0.2, 0.25) is 0 Å². The highest BCUT2D eigenvalue weighted by Crippen LogP contribution is 2.26. The predicted molar refractivity (Wildman–Crippen MR) is 102 cm³/mol. The number of benzene rings is 2. The third-order valence-corrected chi connectivity index (χ3v) is 3.80. The van der Waals surface area contributed by atoms with Crippen LogP contribution in [0.5, 0.6) is 5.75 Å². The van der Waals surface area contributed by atoms with Gasteiger partial charge in [-0.2, -0.15) is 0 Å². The Bertz CT molecular complexity index is 735. The molecule has 6 nitrogen and oxygen atoms in total. The van der Waals surface area contributed by atoms with Crippen LogP contribution in [0.2, 0.25) is 0 Å². The fraction of sp³-hybridized carbons (Fsp3) is 0.278. The van der Waals surface area contributed by atoms with E-state index in [-0.39, 0.29) is 16.8 Å². The number of nitrogens with one attached hydrogen (secondary N) is 1. The number of nitro benzene ring substituents is 1. The van der Waals surface area contributed by atoms with Crippen molar-refractivity contribution in [1.82, 2.24) is 5.32 Å². The minimum absolute atomic E-state index is 0.0201. The molecule has 1 atom stereocenters. The highest BCUT2D eigenvalue weighted by atomic mass is 32.1. The smallest absolute Gasteiger partial charge is 0.269 e. The molecule has 0 heterocycles. The van der Waals surface area contributed by atoms with Crippen LogP contribution in [-0.4, -0.2) is 16.6 Å². The predicted octanol–water partition coefficient (Wildman–Crippen LogP) is 3.70. The topological polar surface area (TPSA) is 90.4 Å². The summed E-state index contributed by atoms with van der Waals surface area (Å²) in [5.74, 6) is 0.783. The summed E-state index contributed by atoms with van der Waals surface area (Å²) in [6.45, 7) is 2.78. The first-order valence-corrected chi connectivity index (χ1v) is 8.45. The van der Waals surface area contributed by atoms with Crippen molar-refractivity contribution in [1.29, 1.82) is 0 Å². The van der Waals surface area contributed by atoms with Gasteiger partial charge in [-0.25, -0.2) is 0 Å². The van der Waals surface area contributed by atoms with Gasteiger partial charge < -0.3 is 15.8 Å². The van der Waals surface area contributed by atoms with Gasteiger partial charge in [-0.05, 0) is 41.9 Å². The number of nitrogens with zero attached hydrogens (tertiary/aromatic N) is 1. The fourth-order valence-electron chi connectivity index (χ4n) is 2.41. The van der Waals surface area contributed by atoms with E-state index in [4.69, 9.17) is 22.7 Å². The molecule has 0 radical (unpaired) electrons. The van der Waals surface area contributed by atoms with E-state index in [1.807, 2.05) is 24.3 Å². The van der Waals surface area contributed by atoms with Gasteiger partial charge in [-0.15, -0.1) is 0 Å². The van der Waals surface area contributed by atoms with Gasteiger partial charge in [0.05, 0.1) is 17.6 Å². The molecule has 2 rings (SSSR count). The maximum atomic E-state index is 11.0. The van der Waals surface area contributed by atoms with Crippen LogP contribution in [0.4, 0.5) is 5.69 Å². The van der Waals surface area contributed by atoms with Gasteiger partial charge in [0.15, 0.2) is 5.11 Å². The SMILES string of the molecule is CCCCOc1ccc(C(NC(N)=S)c2cccc([N+](=O)[O-])c2)cc1. The Hall–Kier alpha value is -2.67. The fourth-order valence-corrected chi connectivity index (χ4v) is 2.53. The molecular formula is C18H21N3O3S. The normalized spacial score (nSPS) is 11.6. The van der Waals surface area contributed by atoms with E-state index < -0.39 is 4.92 Å². The van der Waals surface area contributed by atoms with Crippen molar-refractivity contribution >= 4 is 23.0 Å². The molecule has 0 spiro atoms. The third-order valence-electron chi connectivity index (χ3n) is 3.68. The van der Waals surface area contributed by atoms with E-state index in [0.29, 0.717) is 12.2 Å². The van der Waals surface area contributed by atoms with Crippen LogP contribution in [-0.2, 0) is 0 Å². The van der Waals surface area contributed by atoms with Crippen molar-refractivity contribution in [3.8, 4) is 5.75 Å². The number of rotatable bonds is 8. The maximum Gasteiger partial charge on any atom is 0.269 e. The lowest BCUT2D eigenvalue weighted by molar-refractivity contribution is -0.384. The van der Waals surface area contributed by atoms with E-state index >= 15 is 0 Å². The van der Waals surface area contributed by atoms with Gasteiger partial charge in [0.1, 0.15) is 5.75 Å². The first-order valence-electron chi connectivity index (χ1n) is 8.04. The lowest BCUT2D eigenvalue weighted by Gasteiger charge is -2.20. The first-order chi connectivity index (χ1) is 12.0. The highest BCUT2D eigenvalue weighted by Gasteiger charge is 2.17. The number of unbranched alkanes of at least 4 members (excludes halogenated alkanes) is 1. The minimum Gasteiger partial charge on any atom is -0.494 e. The van der Waals surface area contributed by atoms with Crippen LogP contribution in [0.1, 0.15) is 36.9 Å². The van der Waals surface area contributed by atoms with Crippen molar-refractivity contribution in [2.45, 2.75) is 25.8 Å². The van der Waals surface area contributed by atoms with Crippen molar-refractivity contribution in [2.24, 2.45) is 5.73 Å². The van der Waals surface area contributed by atoms with Crippen LogP contribution in [0.3, 0.4) is 0 Å². The Balaban J connectivity index is 2.26. The molecule has 0 saturated carbocycles. The Labute approximate surface area is 152 Å². The molecule has 0 aliphatic heterocycles. The van der Waals surface area contributed by atoms with E-state index in [1.54, 1.807) is 12.1 Å². The van der Waals surface area contributed by atoms with E-state index in [9.17, 15) is 10.1 Å². The molecule has 0 saturated heterocycles. The van der Waals surface area contributed by atoms with Crippen LogP contribution < -0.4 is 15.8 Å². The van der Waals surface area contributed by atoms with Crippen LogP contribution in [0.15, 0.2) is 48.5 Å². The summed E-state index contributed by atoms with van der Waals surface area (Å²) < 4.78 is 5.66. The molecule has 0 aromatic heterocycles. The third kappa shape index (κ3) is 5.42. The molecule has 25 heavy (non-hydrogen) atoms. The average Bonchev–Trinajstić information content (AvgIpc) is 2.60. The second kappa shape index (κ2) is 8.98. The van der Waals surface area contributed by atoms with Gasteiger partial charge in [0.25, 0.3) is 5.69 Å². The molecule has 0 aliphatic carbocycles. The lowest BCUT2D eigenvalue weighted by atomic mass is 9.98. The maximum absolute atomic E-state index is 11.0. The lowest BCUT2D eigenvalue weighted by Crippen LogP contribution is -2.33. The highest BCUT2D eigenvalue weighted by molar-refractivity contribution is 7.80. The summed E-state index contributed by atoms with van der Waals surface area (Å²) in [7, 11) is 0. The second-order valence-corrected chi connectivity index (χ2v) is 6.00. The van der Waals surface area contributed by atoms with Gasteiger partial charge in [-0.3, -0.25) is 10.1 Å². The van der Waals surface area contributed by atoms with Gasteiger partial charge >= 0.3 is 0 Å². The van der Waals surface area contributed by atoms with Crippen molar-refractivity contribution < 1.29 is 9.66 Å². The zero-order valence-electron chi connectivity index (χ0n) is 14.0. The number of hydrogen-bond acceptors (Lipinski definition) is 4. The molecule has 0 aliphatic rings. The van der Waals surface area contributed by atoms with Gasteiger partial charge in [-0.1, -0.05) is 37.6 Å². The molecule has 0 bridgehead atoms. The zero-order chi connectivity index (χ0) is 18.2. The largest absolute Gasteiger partial charge is 0.494 e. The van der Waals surface area contributed by atoms with E-state index in [1.165, 1.54) is 12.1 Å². The molecule has 1 unspecified atom stereocenters. The number of hydrogen-bond donors (Lipinski definition) is 2. The Morgan fingerprint density at radius 1 is 1.28 bits per heavy atom. The van der Waals surface area contributed by atoms with E-state index in [0.717, 1.165) is 24.2 Å². The number of ether oxygens (including phenoxy) is 1. The summed E-state index contributed by atoms with van der Waals surface area (Å²) in [4.78, 5) is 10.6. The molecule has 3 N–H and O–H groups in total. The quantitative estimate of drug-likeness (QED) is 0.323. The summed E-state index contributed by atoms with van der Waals surface area (Å²) in [6, 6.07) is 13.6. The van der Waals surface area contributed by atoms with Gasteiger partial charge in [0, 0.05) is 12.1 Å². The number of nitro groups is 1. The number of nitrogens with two attached hydrogens (primary N) is 1. The molecular weight excluding hydrogens is 338 g/mol. The summed E-state index contributed by atoms with van der Waals surface area (Å²) in [6.07, 6.45) is 2.08. The van der Waals surface area contributed by atoms with Crippen LogP contribution >= 0.6 is 12.2 Å². The Morgan fingerprint density at radius 3 is 2.60 bits per heavy atom. The number of non-ortho nitro benzene ring substituents is 1. The molecule has 132 valence electrons. The Kier molecular flexibility index (Phi) is 6.71. The van der Waals surface area contributed by atoms with Crippen LogP contribution in [0.25, 0.3) is 0 Å². The zero-order valence-corrected chi connectivity index (χ0v) is 14.8. The molecule has 7 heteroatoms. The second-order valence-electron chi connectivity index (χ2n) is 5.56. The first kappa shape index (κ1) is 18.7. The molecule has 2 aromatic carbocycles. The van der Waals surface area contributed by atoms with E-state index in [2.05, 4.69) is 12.2 Å². The van der Waals surface area contributed by atoms with Crippen molar-refractivity contribution in [3.63, 3.8) is 0 Å². The monoisotopic (exact) mass is 359 g/mol. The van der Waals surface area contributed by atoms with Crippen LogP contribution in [0, 0.1) is 10.1 Å². The molecule has 2 aromatic rings. The standard InChI is InChI=1S/C18H21N3O3S/c1-2-3-11-24-16-9-7-13(8-10-16)17(20-18(19)25)14-5-4-6-15(12-14)21(22)23/h4-10,12,17H,2-3,11H2,1H3,(H3,19,20,25). The minimum atomic E-state index is -0.425.